The average Bonchev–Trinajstić information content (AvgIpc) is 2.03. The second-order valence-corrected chi connectivity index (χ2v) is 31.1. The molecule has 28 heavy (non-hydrogen) atoms. The lowest BCUT2D eigenvalue weighted by atomic mass is 11.0. The molecular weight excluding hydrogens is 437 g/mol. The zero-order valence-corrected chi connectivity index (χ0v) is 27.4. The van der Waals surface area contributed by atoms with Crippen LogP contribution in [-0.2, 0) is 0 Å². The highest BCUT2D eigenvalue weighted by Crippen LogP contribution is 1.95. The standard InChI is InChI=1S/2C4H12Si.2C3H9N.2C3H10Si.2H4Si/c2*1-5(2,3)4;4*1-4(2)3;;/h2*1-4H3;2*1-3H3;2*4H,1-3H3;2*1H4. The molecule has 0 atom stereocenters. The van der Waals surface area contributed by atoms with E-state index >= 15 is 0 Å². The summed E-state index contributed by atoms with van der Waals surface area (Å²) in [5.41, 5.74) is 0. The molecule has 0 heterocycles. The molecule has 0 N–H and O–H groups in total. The van der Waals surface area contributed by atoms with E-state index in [-0.39, 0.29) is 39.5 Å². The molecule has 0 unspecified atom stereocenters. The molecule has 0 saturated heterocycles. The highest BCUT2D eigenvalue weighted by atomic mass is 28.3. The minimum Gasteiger partial charge on any atom is -0.312 e. The van der Waals surface area contributed by atoms with Crippen molar-refractivity contribution in [3.63, 3.8) is 0 Å². The smallest absolute Gasteiger partial charge is 0.0411 e. The van der Waals surface area contributed by atoms with Crippen molar-refractivity contribution in [1.29, 1.82) is 0 Å². The van der Waals surface area contributed by atoms with Crippen LogP contribution < -0.4 is 0 Å². The molecule has 8 heteroatoms. The lowest BCUT2D eigenvalue weighted by Crippen LogP contribution is -2.10. The van der Waals surface area contributed by atoms with Gasteiger partial charge in [0.15, 0.2) is 0 Å². The molecule has 0 aliphatic carbocycles. The molecule has 2 nitrogen and oxygen atoms in total. The maximum Gasteiger partial charge on any atom is 0.0411 e. The van der Waals surface area contributed by atoms with Gasteiger partial charge in [0.05, 0.1) is 0 Å². The van der Waals surface area contributed by atoms with Gasteiger partial charge in [0, 0.05) is 33.7 Å². The van der Waals surface area contributed by atoms with Gasteiger partial charge in [-0.15, -0.1) is 0 Å². The molecule has 0 rings (SSSR count). The third kappa shape index (κ3) is 12500. The Hall–Kier alpha value is 1.22. The molecular formula is C20H70N2Si6. The molecule has 0 aromatic rings. The van der Waals surface area contributed by atoms with E-state index in [1.165, 1.54) is 0 Å². The van der Waals surface area contributed by atoms with Gasteiger partial charge in [0.2, 0.25) is 0 Å². The summed E-state index contributed by atoms with van der Waals surface area (Å²) >= 11 is 0. The molecule has 0 aliphatic heterocycles. The Morgan fingerprint density at radius 3 is 0.393 bits per heavy atom. The molecule has 0 spiro atoms. The fourth-order valence-electron chi connectivity index (χ4n) is 0. The van der Waals surface area contributed by atoms with Gasteiger partial charge < -0.3 is 9.80 Å². The Morgan fingerprint density at radius 1 is 0.393 bits per heavy atom. The number of hydrogen-bond acceptors (Lipinski definition) is 2. The zero-order valence-electron chi connectivity index (χ0n) is 23.0. The Labute approximate surface area is 198 Å². The SMILES string of the molecule is CN(C)C.CN(C)C.C[SiH](C)C.C[SiH](C)C.C[Si](C)(C)C.C[Si](C)(C)C.[SiH4].[SiH4]. The summed E-state index contributed by atoms with van der Waals surface area (Å²) in [5, 5.41) is 0. The van der Waals surface area contributed by atoms with E-state index < -0.39 is 16.1 Å². The van der Waals surface area contributed by atoms with Crippen molar-refractivity contribution < 1.29 is 0 Å². The minimum atomic E-state index is -0.611. The molecule has 0 aromatic carbocycles. The van der Waals surface area contributed by atoms with Crippen molar-refractivity contribution in [2.45, 2.75) is 91.7 Å². The third-order valence-electron chi connectivity index (χ3n) is 0. The van der Waals surface area contributed by atoms with E-state index in [9.17, 15) is 0 Å². The van der Waals surface area contributed by atoms with Crippen molar-refractivity contribution in [2.24, 2.45) is 0 Å². The molecule has 0 fully saturated rings. The van der Waals surface area contributed by atoms with E-state index in [0.717, 1.165) is 0 Å². The first-order valence-electron chi connectivity index (χ1n) is 10.1. The van der Waals surface area contributed by atoms with E-state index in [1.54, 1.807) is 0 Å². The van der Waals surface area contributed by atoms with Crippen LogP contribution in [0.5, 0.6) is 0 Å². The predicted octanol–water partition coefficient (Wildman–Crippen LogP) is 3.57. The van der Waals surface area contributed by atoms with Gasteiger partial charge in [-0.25, -0.2) is 0 Å². The number of hydrogen-bond donors (Lipinski definition) is 0. The van der Waals surface area contributed by atoms with Crippen LogP contribution in [0.25, 0.3) is 0 Å². The van der Waals surface area contributed by atoms with Crippen molar-refractivity contribution in [3.8, 4) is 0 Å². The maximum absolute atomic E-state index is 2.33. The van der Waals surface area contributed by atoms with Crippen LogP contribution in [0.2, 0.25) is 91.7 Å². The number of nitrogens with zero attached hydrogens (tertiary/aromatic N) is 2. The molecule has 0 saturated carbocycles. The number of rotatable bonds is 0. The Morgan fingerprint density at radius 2 is 0.393 bits per heavy atom. The lowest BCUT2D eigenvalue weighted by molar-refractivity contribution is 0.505. The molecule has 0 radical (unpaired) electrons. The Balaban J connectivity index is -0.0000000283. The monoisotopic (exact) mass is 506 g/mol. The summed E-state index contributed by atoms with van der Waals surface area (Å²) in [4.78, 5) is 4.00. The molecule has 0 bridgehead atoms. The summed E-state index contributed by atoms with van der Waals surface area (Å²) in [6.07, 6.45) is 0. The van der Waals surface area contributed by atoms with E-state index in [4.69, 9.17) is 0 Å². The van der Waals surface area contributed by atoms with Gasteiger partial charge in [-0.2, -0.15) is 0 Å². The predicted molar refractivity (Wildman–Crippen MR) is 170 cm³/mol. The van der Waals surface area contributed by atoms with E-state index in [1.807, 2.05) is 52.1 Å². The van der Waals surface area contributed by atoms with Crippen molar-refractivity contribution in [3.05, 3.63) is 0 Å². The van der Waals surface area contributed by atoms with Gasteiger partial charge in [-0.3, -0.25) is 0 Å². The first kappa shape index (κ1) is 51.7. The zero-order chi connectivity index (χ0) is 23.3. The minimum absolute atomic E-state index is 0. The van der Waals surface area contributed by atoms with Crippen LogP contribution in [0.1, 0.15) is 0 Å². The Bertz CT molecular complexity index is 165. The largest absolute Gasteiger partial charge is 0.312 e. The molecule has 0 amide bonds. The maximum atomic E-state index is 2.33. The van der Waals surface area contributed by atoms with E-state index in [0.29, 0.717) is 0 Å². The molecule has 184 valence electrons. The molecule has 0 aromatic heterocycles. The van der Waals surface area contributed by atoms with Gasteiger partial charge in [0.1, 0.15) is 0 Å². The summed E-state index contributed by atoms with van der Waals surface area (Å²) in [6, 6.07) is 0. The third-order valence-corrected chi connectivity index (χ3v) is 0. The average molecular weight is 507 g/mol. The summed E-state index contributed by atoms with van der Waals surface area (Å²) in [5.74, 6) is 0. The normalized spacial score (nSPS) is 9.43. The van der Waals surface area contributed by atoms with Crippen LogP contribution in [0, 0.1) is 0 Å². The Kier molecular flexibility index (Phi) is 60.7. The fourth-order valence-corrected chi connectivity index (χ4v) is 0. The van der Waals surface area contributed by atoms with Gasteiger partial charge in [-0.1, -0.05) is 91.7 Å². The quantitative estimate of drug-likeness (QED) is 0.463. The first-order chi connectivity index (χ1) is 10.9. The van der Waals surface area contributed by atoms with Crippen LogP contribution in [0.15, 0.2) is 0 Å². The van der Waals surface area contributed by atoms with Crippen molar-refractivity contribution in [2.75, 3.05) is 42.3 Å². The summed E-state index contributed by atoms with van der Waals surface area (Å²) in [7, 11) is 10.5. The van der Waals surface area contributed by atoms with Crippen molar-refractivity contribution in [1.82, 2.24) is 9.80 Å². The second kappa shape index (κ2) is 32.9. The van der Waals surface area contributed by atoms with Gasteiger partial charge >= 0.3 is 0 Å². The molecule has 0 aliphatic rings. The second-order valence-electron chi connectivity index (χ2n) is 12.1. The lowest BCUT2D eigenvalue weighted by Gasteiger charge is -2.01. The van der Waals surface area contributed by atoms with Gasteiger partial charge in [-0.05, 0) is 64.2 Å². The van der Waals surface area contributed by atoms with E-state index in [2.05, 4.69) is 91.7 Å². The van der Waals surface area contributed by atoms with Crippen LogP contribution >= 0.6 is 0 Å². The highest BCUT2D eigenvalue weighted by Gasteiger charge is 1.99. The highest BCUT2D eigenvalue weighted by molar-refractivity contribution is 6.75. The van der Waals surface area contributed by atoms with Crippen LogP contribution in [0.4, 0.5) is 0 Å². The van der Waals surface area contributed by atoms with Crippen LogP contribution in [-0.4, -0.2) is 108 Å². The van der Waals surface area contributed by atoms with Gasteiger partial charge in [0.25, 0.3) is 0 Å². The summed E-state index contributed by atoms with van der Waals surface area (Å²) in [6.45, 7) is 32.4. The van der Waals surface area contributed by atoms with Crippen LogP contribution in [0.3, 0.4) is 0 Å². The topological polar surface area (TPSA) is 6.48 Å². The summed E-state index contributed by atoms with van der Waals surface area (Å²) < 4.78 is 0. The van der Waals surface area contributed by atoms with Crippen molar-refractivity contribution >= 4 is 55.7 Å². The first-order valence-corrected chi connectivity index (χ1v) is 25.1. The fraction of sp³-hybridized carbons (Fsp3) is 1.00.